The highest BCUT2D eigenvalue weighted by molar-refractivity contribution is 5.42. The molecule has 1 saturated heterocycles. The van der Waals surface area contributed by atoms with Crippen molar-refractivity contribution in [3.8, 4) is 0 Å². The third-order valence-corrected chi connectivity index (χ3v) is 5.84. The van der Waals surface area contributed by atoms with Gasteiger partial charge in [0.25, 0.3) is 5.56 Å². The van der Waals surface area contributed by atoms with Gasteiger partial charge in [0, 0.05) is 42.4 Å². The highest BCUT2D eigenvalue weighted by Crippen LogP contribution is 2.34. The Morgan fingerprint density at radius 1 is 1.19 bits per heavy atom. The molecule has 2 aliphatic rings. The quantitative estimate of drug-likeness (QED) is 0.771. The van der Waals surface area contributed by atoms with Crippen LogP contribution in [0.5, 0.6) is 0 Å². The fourth-order valence-electron chi connectivity index (χ4n) is 4.57. The first kappa shape index (κ1) is 15.8. The van der Waals surface area contributed by atoms with Crippen LogP contribution in [0.25, 0.3) is 5.65 Å². The molecular weight excluding hydrogens is 331 g/mol. The normalized spacial score (nSPS) is 22.5. The largest absolute Gasteiger partial charge is 0.294 e. The molecule has 0 aliphatic carbocycles. The Balaban J connectivity index is 1.51. The number of benzene rings is 1. The van der Waals surface area contributed by atoms with Crippen LogP contribution in [-0.4, -0.2) is 31.6 Å². The maximum absolute atomic E-state index is 13.2. The fourth-order valence-corrected chi connectivity index (χ4v) is 4.57. The van der Waals surface area contributed by atoms with Crippen LogP contribution in [0.3, 0.4) is 0 Å². The minimum atomic E-state index is -0.206. The second-order valence-electron chi connectivity index (χ2n) is 7.57. The first-order chi connectivity index (χ1) is 12.6. The highest BCUT2D eigenvalue weighted by atomic mass is 19.1. The summed E-state index contributed by atoms with van der Waals surface area (Å²) in [5.74, 6) is -0.206. The molecule has 4 heterocycles. The van der Waals surface area contributed by atoms with E-state index in [4.69, 9.17) is 4.98 Å². The van der Waals surface area contributed by atoms with Crippen molar-refractivity contribution in [2.24, 2.45) is 0 Å². The Hall–Kier alpha value is -2.47. The molecule has 2 aromatic heterocycles. The summed E-state index contributed by atoms with van der Waals surface area (Å²) in [6.45, 7) is 2.73. The molecule has 3 aromatic rings. The SMILES string of the molecule is Cc1cc2nc3c(c(=O)n2[nH]1)C[C@@H]1CC[C@@H](C3)N1Cc1ccc(F)cc1. The number of aromatic nitrogens is 3. The van der Waals surface area contributed by atoms with Gasteiger partial charge in [-0.2, -0.15) is 0 Å². The van der Waals surface area contributed by atoms with Gasteiger partial charge in [-0.05, 0) is 43.9 Å². The third-order valence-electron chi connectivity index (χ3n) is 5.84. The van der Waals surface area contributed by atoms with Crippen LogP contribution in [0.4, 0.5) is 4.39 Å². The molecule has 26 heavy (non-hydrogen) atoms. The predicted octanol–water partition coefficient (Wildman–Crippen LogP) is 2.60. The standard InChI is InChI=1S/C20H21FN4O/c1-12-8-19-22-18-10-16-7-6-15(9-17(18)20(26)25(19)23-12)24(16)11-13-2-4-14(21)5-3-13/h2-5,8,15-16,23H,6-7,9-11H2,1H3/t15-,16-/m0/s1. The van der Waals surface area contributed by atoms with Crippen molar-refractivity contribution < 1.29 is 4.39 Å². The Morgan fingerprint density at radius 2 is 1.92 bits per heavy atom. The van der Waals surface area contributed by atoms with Crippen molar-refractivity contribution in [2.45, 2.75) is 51.2 Å². The molecule has 2 atom stereocenters. The zero-order valence-electron chi connectivity index (χ0n) is 14.7. The summed E-state index contributed by atoms with van der Waals surface area (Å²) in [6, 6.07) is 9.39. The van der Waals surface area contributed by atoms with E-state index in [-0.39, 0.29) is 11.4 Å². The first-order valence-corrected chi connectivity index (χ1v) is 9.19. The number of nitrogens with one attached hydrogen (secondary N) is 1. The summed E-state index contributed by atoms with van der Waals surface area (Å²) in [4.78, 5) is 20.2. The lowest BCUT2D eigenvalue weighted by atomic mass is 9.98. The Kier molecular flexibility index (Phi) is 3.50. The second kappa shape index (κ2) is 5.77. The number of fused-ring (bicyclic) bond motifs is 4. The number of halogens is 1. The van der Waals surface area contributed by atoms with Crippen molar-refractivity contribution in [1.82, 2.24) is 19.5 Å². The van der Waals surface area contributed by atoms with Gasteiger partial charge in [0.1, 0.15) is 5.82 Å². The van der Waals surface area contributed by atoms with Gasteiger partial charge in [-0.1, -0.05) is 12.1 Å². The minimum Gasteiger partial charge on any atom is -0.294 e. The smallest absolute Gasteiger partial charge is 0.276 e. The van der Waals surface area contributed by atoms with E-state index in [2.05, 4.69) is 10.00 Å². The molecule has 0 unspecified atom stereocenters. The summed E-state index contributed by atoms with van der Waals surface area (Å²) in [5.41, 5.74) is 4.59. The number of hydrogen-bond donors (Lipinski definition) is 1. The average Bonchev–Trinajstić information content (AvgIpc) is 3.11. The molecule has 1 aromatic carbocycles. The van der Waals surface area contributed by atoms with Crippen molar-refractivity contribution in [3.63, 3.8) is 0 Å². The number of aromatic amines is 1. The maximum Gasteiger partial charge on any atom is 0.276 e. The Labute approximate surface area is 150 Å². The average molecular weight is 352 g/mol. The lowest BCUT2D eigenvalue weighted by Gasteiger charge is -2.27. The molecular formula is C20H21FN4O. The number of aryl methyl sites for hydroxylation is 1. The summed E-state index contributed by atoms with van der Waals surface area (Å²) in [5, 5.41) is 3.09. The molecule has 2 bridgehead atoms. The van der Waals surface area contributed by atoms with E-state index < -0.39 is 0 Å². The third kappa shape index (κ3) is 2.48. The molecule has 1 fully saturated rings. The van der Waals surface area contributed by atoms with Gasteiger partial charge in [0.05, 0.1) is 5.69 Å². The van der Waals surface area contributed by atoms with Crippen LogP contribution in [-0.2, 0) is 19.4 Å². The molecule has 1 N–H and O–H groups in total. The van der Waals surface area contributed by atoms with E-state index in [0.29, 0.717) is 17.7 Å². The van der Waals surface area contributed by atoms with Gasteiger partial charge in [0.2, 0.25) is 0 Å². The van der Waals surface area contributed by atoms with Crippen molar-refractivity contribution >= 4 is 5.65 Å². The zero-order chi connectivity index (χ0) is 17.8. The number of nitrogens with zero attached hydrogens (tertiary/aromatic N) is 3. The summed E-state index contributed by atoms with van der Waals surface area (Å²) in [6.07, 6.45) is 3.76. The first-order valence-electron chi connectivity index (χ1n) is 9.19. The number of rotatable bonds is 2. The number of hydrogen-bond acceptors (Lipinski definition) is 3. The Morgan fingerprint density at radius 3 is 2.69 bits per heavy atom. The van der Waals surface area contributed by atoms with E-state index in [9.17, 15) is 9.18 Å². The molecule has 0 saturated carbocycles. The van der Waals surface area contributed by atoms with Crippen molar-refractivity contribution in [2.75, 3.05) is 0 Å². The molecule has 0 amide bonds. The monoisotopic (exact) mass is 352 g/mol. The lowest BCUT2D eigenvalue weighted by molar-refractivity contribution is 0.187. The van der Waals surface area contributed by atoms with Gasteiger partial charge >= 0.3 is 0 Å². The van der Waals surface area contributed by atoms with Crippen LogP contribution in [0.15, 0.2) is 35.1 Å². The van der Waals surface area contributed by atoms with Gasteiger partial charge in [-0.25, -0.2) is 13.9 Å². The number of H-pyrrole nitrogens is 1. The summed E-state index contributed by atoms with van der Waals surface area (Å²) in [7, 11) is 0. The van der Waals surface area contributed by atoms with Crippen molar-refractivity contribution in [1.29, 1.82) is 0 Å². The maximum atomic E-state index is 13.2. The van der Waals surface area contributed by atoms with Crippen molar-refractivity contribution in [3.05, 3.63) is 69.0 Å². The molecule has 5 nitrogen and oxygen atoms in total. The molecule has 2 aliphatic heterocycles. The Bertz CT molecular complexity index is 1040. The van der Waals surface area contributed by atoms with E-state index in [1.54, 1.807) is 4.52 Å². The molecule has 5 rings (SSSR count). The van der Waals surface area contributed by atoms with E-state index in [0.717, 1.165) is 54.7 Å². The van der Waals surface area contributed by atoms with Gasteiger partial charge in [-0.3, -0.25) is 14.8 Å². The summed E-state index contributed by atoms with van der Waals surface area (Å²) < 4.78 is 14.8. The molecule has 6 heteroatoms. The van der Waals surface area contributed by atoms with Crippen LogP contribution in [0.2, 0.25) is 0 Å². The van der Waals surface area contributed by atoms with Gasteiger partial charge in [-0.15, -0.1) is 0 Å². The van der Waals surface area contributed by atoms with Crippen LogP contribution in [0.1, 0.15) is 35.4 Å². The van der Waals surface area contributed by atoms with E-state index in [1.807, 2.05) is 25.1 Å². The highest BCUT2D eigenvalue weighted by Gasteiger charge is 2.38. The zero-order valence-corrected chi connectivity index (χ0v) is 14.7. The fraction of sp³-hybridized carbons (Fsp3) is 0.400. The second-order valence-corrected chi connectivity index (χ2v) is 7.57. The molecule has 134 valence electrons. The van der Waals surface area contributed by atoms with E-state index >= 15 is 0 Å². The molecule has 0 spiro atoms. The van der Waals surface area contributed by atoms with Gasteiger partial charge in [0.15, 0.2) is 5.65 Å². The van der Waals surface area contributed by atoms with E-state index in [1.165, 1.54) is 12.1 Å². The lowest BCUT2D eigenvalue weighted by Crippen LogP contribution is -2.36. The summed E-state index contributed by atoms with van der Waals surface area (Å²) >= 11 is 0. The topological polar surface area (TPSA) is 53.4 Å². The minimum absolute atomic E-state index is 0.0346. The van der Waals surface area contributed by atoms with Crippen LogP contribution >= 0.6 is 0 Å². The van der Waals surface area contributed by atoms with Crippen LogP contribution < -0.4 is 5.56 Å². The molecule has 0 radical (unpaired) electrons. The van der Waals surface area contributed by atoms with Crippen LogP contribution in [0, 0.1) is 12.7 Å². The predicted molar refractivity (Wildman–Crippen MR) is 96.7 cm³/mol. The van der Waals surface area contributed by atoms with Gasteiger partial charge < -0.3 is 0 Å².